The van der Waals surface area contributed by atoms with Gasteiger partial charge < -0.3 is 0 Å². The lowest BCUT2D eigenvalue weighted by Crippen LogP contribution is -1.88. The Kier molecular flexibility index (Phi) is 3.56. The number of nitro groups is 1. The van der Waals surface area contributed by atoms with Crippen LogP contribution in [0, 0.1) is 10.1 Å². The van der Waals surface area contributed by atoms with Gasteiger partial charge in [-0.2, -0.15) is 0 Å². The molecule has 0 aliphatic heterocycles. The van der Waals surface area contributed by atoms with Crippen LogP contribution in [0.2, 0.25) is 5.02 Å². The van der Waals surface area contributed by atoms with Gasteiger partial charge >= 0.3 is 0 Å². The topological polar surface area (TPSA) is 68.9 Å². The van der Waals surface area contributed by atoms with Crippen molar-refractivity contribution in [2.75, 3.05) is 0 Å². The maximum atomic E-state index is 10.6. The molecule has 2 aromatic heterocycles. The van der Waals surface area contributed by atoms with Crippen molar-refractivity contribution in [1.82, 2.24) is 9.97 Å². The summed E-state index contributed by atoms with van der Waals surface area (Å²) in [5.74, 6) is 0. The van der Waals surface area contributed by atoms with Crippen molar-refractivity contribution in [2.24, 2.45) is 0 Å². The van der Waals surface area contributed by atoms with E-state index in [1.165, 1.54) is 35.4 Å². The molecule has 0 spiro atoms. The molecule has 100 valence electrons. The number of benzene rings is 1. The smallest absolute Gasteiger partial charge is 0.258 e. The van der Waals surface area contributed by atoms with Crippen LogP contribution in [-0.4, -0.2) is 14.9 Å². The lowest BCUT2D eigenvalue weighted by atomic mass is 10.3. The molecular formula is C12H6ClN3O2S2. The second kappa shape index (κ2) is 5.35. The number of pyridine rings is 1. The van der Waals surface area contributed by atoms with Gasteiger partial charge in [-0.3, -0.25) is 10.1 Å². The molecule has 20 heavy (non-hydrogen) atoms. The van der Waals surface area contributed by atoms with Crippen LogP contribution in [0.3, 0.4) is 0 Å². The van der Waals surface area contributed by atoms with Crippen LogP contribution < -0.4 is 0 Å². The Morgan fingerprint density at radius 1 is 1.30 bits per heavy atom. The van der Waals surface area contributed by atoms with Crippen LogP contribution in [-0.2, 0) is 0 Å². The third-order valence-corrected chi connectivity index (χ3v) is 4.74. The van der Waals surface area contributed by atoms with E-state index in [1.807, 2.05) is 12.1 Å². The van der Waals surface area contributed by atoms with E-state index in [0.29, 0.717) is 10.0 Å². The monoisotopic (exact) mass is 323 g/mol. The Balaban J connectivity index is 1.87. The highest BCUT2D eigenvalue weighted by molar-refractivity contribution is 8.01. The number of aromatic nitrogens is 2. The number of nitrogens with zero attached hydrogens (tertiary/aromatic N) is 3. The van der Waals surface area contributed by atoms with Crippen molar-refractivity contribution in [3.05, 3.63) is 51.7 Å². The number of halogens is 1. The van der Waals surface area contributed by atoms with E-state index in [1.54, 1.807) is 12.1 Å². The molecule has 3 rings (SSSR count). The van der Waals surface area contributed by atoms with Crippen LogP contribution >= 0.6 is 34.7 Å². The van der Waals surface area contributed by atoms with Gasteiger partial charge in [-0.1, -0.05) is 11.6 Å². The van der Waals surface area contributed by atoms with Crippen LogP contribution in [0.25, 0.3) is 10.2 Å². The Morgan fingerprint density at radius 3 is 2.85 bits per heavy atom. The lowest BCUT2D eigenvalue weighted by Gasteiger charge is -1.95. The minimum absolute atomic E-state index is 0.0227. The molecule has 0 aliphatic carbocycles. The summed E-state index contributed by atoms with van der Waals surface area (Å²) in [6, 6.07) is 8.59. The van der Waals surface area contributed by atoms with Crippen molar-refractivity contribution in [3.63, 3.8) is 0 Å². The van der Waals surface area contributed by atoms with Gasteiger partial charge in [0.05, 0.1) is 15.1 Å². The number of thiazole rings is 1. The Labute approximate surface area is 126 Å². The van der Waals surface area contributed by atoms with Crippen molar-refractivity contribution in [3.8, 4) is 0 Å². The molecule has 0 radical (unpaired) electrons. The maximum absolute atomic E-state index is 10.6. The average molecular weight is 324 g/mol. The summed E-state index contributed by atoms with van der Waals surface area (Å²) in [5.41, 5.74) is 0.817. The Morgan fingerprint density at radius 2 is 2.15 bits per heavy atom. The summed E-state index contributed by atoms with van der Waals surface area (Å²) in [6.45, 7) is 0. The van der Waals surface area contributed by atoms with Crippen molar-refractivity contribution < 1.29 is 4.92 Å². The fourth-order valence-corrected chi connectivity index (χ4v) is 3.65. The standard InChI is InChI=1S/C12H6ClN3O2S2/c13-7-1-3-10-9(5-7)15-12(19-10)20-11-4-2-8(6-14-11)16(17)18/h1-6H. The SMILES string of the molecule is O=[N+]([O-])c1ccc(Sc2nc3cc(Cl)ccc3s2)nc1. The van der Waals surface area contributed by atoms with E-state index in [4.69, 9.17) is 11.6 Å². The first-order valence-electron chi connectivity index (χ1n) is 5.46. The van der Waals surface area contributed by atoms with Crippen LogP contribution in [0.5, 0.6) is 0 Å². The Hall–Kier alpha value is -1.70. The van der Waals surface area contributed by atoms with Gasteiger partial charge in [-0.05, 0) is 36.0 Å². The molecule has 8 heteroatoms. The van der Waals surface area contributed by atoms with Gasteiger partial charge in [0.15, 0.2) is 4.34 Å². The minimum Gasteiger partial charge on any atom is -0.258 e. The molecule has 0 N–H and O–H groups in total. The molecule has 0 aliphatic rings. The highest BCUT2D eigenvalue weighted by Gasteiger charge is 2.09. The zero-order chi connectivity index (χ0) is 14.1. The van der Waals surface area contributed by atoms with E-state index in [-0.39, 0.29) is 5.69 Å². The molecule has 0 unspecified atom stereocenters. The third-order valence-electron chi connectivity index (χ3n) is 2.45. The largest absolute Gasteiger partial charge is 0.287 e. The maximum Gasteiger partial charge on any atom is 0.287 e. The molecule has 0 saturated carbocycles. The van der Waals surface area contributed by atoms with E-state index in [0.717, 1.165) is 14.6 Å². The van der Waals surface area contributed by atoms with Crippen molar-refractivity contribution in [2.45, 2.75) is 9.37 Å². The highest BCUT2D eigenvalue weighted by Crippen LogP contribution is 2.34. The lowest BCUT2D eigenvalue weighted by molar-refractivity contribution is -0.385. The molecule has 0 bridgehead atoms. The molecular weight excluding hydrogens is 318 g/mol. The van der Waals surface area contributed by atoms with Gasteiger partial charge in [-0.25, -0.2) is 9.97 Å². The fourth-order valence-electron chi connectivity index (χ4n) is 1.55. The molecule has 0 amide bonds. The first kappa shape index (κ1) is 13.3. The van der Waals surface area contributed by atoms with E-state index in [2.05, 4.69) is 9.97 Å². The summed E-state index contributed by atoms with van der Waals surface area (Å²) >= 11 is 8.82. The van der Waals surface area contributed by atoms with Crippen molar-refractivity contribution in [1.29, 1.82) is 0 Å². The number of fused-ring (bicyclic) bond motifs is 1. The van der Waals surface area contributed by atoms with Crippen LogP contribution in [0.4, 0.5) is 5.69 Å². The second-order valence-corrected chi connectivity index (χ2v) is 6.54. The zero-order valence-corrected chi connectivity index (χ0v) is 12.2. The summed E-state index contributed by atoms with van der Waals surface area (Å²) in [7, 11) is 0. The zero-order valence-electron chi connectivity index (χ0n) is 9.82. The van der Waals surface area contributed by atoms with Gasteiger partial charge in [0.25, 0.3) is 5.69 Å². The quantitative estimate of drug-likeness (QED) is 0.527. The molecule has 0 saturated heterocycles. The molecule has 1 aromatic carbocycles. The summed E-state index contributed by atoms with van der Waals surface area (Å²) < 4.78 is 1.86. The Bertz CT molecular complexity index is 789. The predicted molar refractivity (Wildman–Crippen MR) is 79.6 cm³/mol. The average Bonchev–Trinajstić information content (AvgIpc) is 2.80. The van der Waals surface area contributed by atoms with E-state index in [9.17, 15) is 10.1 Å². The number of hydrogen-bond acceptors (Lipinski definition) is 6. The van der Waals surface area contributed by atoms with Gasteiger partial charge in [-0.15, -0.1) is 11.3 Å². The van der Waals surface area contributed by atoms with Gasteiger partial charge in [0, 0.05) is 11.1 Å². The van der Waals surface area contributed by atoms with Crippen LogP contribution in [0.1, 0.15) is 0 Å². The molecule has 5 nitrogen and oxygen atoms in total. The predicted octanol–water partition coefficient (Wildman–Crippen LogP) is 4.40. The van der Waals surface area contributed by atoms with E-state index < -0.39 is 4.92 Å². The molecule has 3 aromatic rings. The second-order valence-electron chi connectivity index (χ2n) is 3.81. The first-order valence-corrected chi connectivity index (χ1v) is 7.47. The summed E-state index contributed by atoms with van der Waals surface area (Å²) in [6.07, 6.45) is 1.24. The van der Waals surface area contributed by atoms with Crippen molar-refractivity contribution >= 4 is 50.6 Å². The number of rotatable bonds is 3. The first-order chi connectivity index (χ1) is 9.61. The summed E-state index contributed by atoms with van der Waals surface area (Å²) in [4.78, 5) is 18.6. The molecule has 0 fully saturated rings. The molecule has 0 atom stereocenters. The van der Waals surface area contributed by atoms with Gasteiger partial charge in [0.2, 0.25) is 0 Å². The molecule has 2 heterocycles. The number of hydrogen-bond donors (Lipinski definition) is 0. The summed E-state index contributed by atoms with van der Waals surface area (Å²) in [5, 5.41) is 11.9. The van der Waals surface area contributed by atoms with Gasteiger partial charge in [0.1, 0.15) is 11.2 Å². The highest BCUT2D eigenvalue weighted by atomic mass is 35.5. The third kappa shape index (κ3) is 2.74. The minimum atomic E-state index is -0.471. The normalized spacial score (nSPS) is 10.8. The van der Waals surface area contributed by atoms with Crippen LogP contribution in [0.15, 0.2) is 45.9 Å². The van der Waals surface area contributed by atoms with E-state index >= 15 is 0 Å². The fraction of sp³-hybridized carbons (Fsp3) is 0.